The zero-order valence-corrected chi connectivity index (χ0v) is 17.9. The predicted octanol–water partition coefficient (Wildman–Crippen LogP) is 3.49. The highest BCUT2D eigenvalue weighted by Gasteiger charge is 2.40. The number of aliphatic carboxylic acids is 1. The van der Waals surface area contributed by atoms with Crippen LogP contribution in [-0.4, -0.2) is 75.2 Å². The van der Waals surface area contributed by atoms with Crippen LogP contribution in [0.25, 0.3) is 11.3 Å². The van der Waals surface area contributed by atoms with Gasteiger partial charge in [0.15, 0.2) is 6.10 Å². The Bertz CT molecular complexity index is 974. The molecule has 2 heterocycles. The summed E-state index contributed by atoms with van der Waals surface area (Å²) in [4.78, 5) is 26.2. The summed E-state index contributed by atoms with van der Waals surface area (Å²) in [6, 6.07) is 7.03. The van der Waals surface area contributed by atoms with E-state index in [0.29, 0.717) is 30.4 Å². The summed E-state index contributed by atoms with van der Waals surface area (Å²) in [6.07, 6.45) is -6.17. The van der Waals surface area contributed by atoms with Crippen LogP contribution in [0.15, 0.2) is 30.5 Å². The molecule has 0 saturated carbocycles. The first-order valence-electron chi connectivity index (χ1n) is 9.81. The molecule has 1 aromatic heterocycles. The second-order valence-corrected chi connectivity index (χ2v) is 7.86. The molecule has 0 spiro atoms. The first kappa shape index (κ1) is 23.9. The molecular formula is C20H22ClF3N4O4. The number of halogens is 4. The standard InChI is InChI=1S/C20H22ClF3N4O4/c1-13(20(22,23)24)32-19(31)27-8-6-26(7-9-27)11-14-2-3-15(21)10-16(14)17-4-5-28(25-17)12-18(29)30/h2-5,10,13H,6-9,11-12H2,1H3,(H,29,30). The molecule has 1 amide bonds. The smallest absolute Gasteiger partial charge is 0.425 e. The second kappa shape index (κ2) is 9.78. The largest absolute Gasteiger partial charge is 0.480 e. The van der Waals surface area contributed by atoms with Gasteiger partial charge in [-0.15, -0.1) is 0 Å². The number of hydrogen-bond donors (Lipinski definition) is 1. The van der Waals surface area contributed by atoms with Crippen molar-refractivity contribution in [3.05, 3.63) is 41.0 Å². The van der Waals surface area contributed by atoms with E-state index in [-0.39, 0.29) is 19.6 Å². The topological polar surface area (TPSA) is 87.9 Å². The van der Waals surface area contributed by atoms with E-state index in [0.717, 1.165) is 18.1 Å². The molecule has 3 rings (SSSR count). The van der Waals surface area contributed by atoms with Crippen molar-refractivity contribution in [3.8, 4) is 11.3 Å². The summed E-state index contributed by atoms with van der Waals surface area (Å²) < 4.78 is 43.6. The number of carboxylic acid groups (broad SMARTS) is 1. The number of aromatic nitrogens is 2. The van der Waals surface area contributed by atoms with Crippen molar-refractivity contribution in [1.82, 2.24) is 19.6 Å². The summed E-state index contributed by atoms with van der Waals surface area (Å²) in [6.45, 7) is 2.41. The van der Waals surface area contributed by atoms with Crippen molar-refractivity contribution in [2.24, 2.45) is 0 Å². The van der Waals surface area contributed by atoms with Gasteiger partial charge in [-0.25, -0.2) is 4.79 Å². The molecule has 1 aliphatic rings. The van der Waals surface area contributed by atoms with Crippen molar-refractivity contribution in [2.75, 3.05) is 26.2 Å². The fourth-order valence-corrected chi connectivity index (χ4v) is 3.45. The Kier molecular flexibility index (Phi) is 7.29. The minimum atomic E-state index is -4.60. The van der Waals surface area contributed by atoms with Crippen molar-refractivity contribution in [1.29, 1.82) is 0 Å². The zero-order chi connectivity index (χ0) is 23.5. The van der Waals surface area contributed by atoms with Crippen LogP contribution in [0, 0.1) is 0 Å². The number of alkyl halides is 3. The van der Waals surface area contributed by atoms with Gasteiger partial charge in [-0.2, -0.15) is 18.3 Å². The fraction of sp³-hybridized carbons (Fsp3) is 0.450. The molecule has 2 aromatic rings. The number of nitrogens with zero attached hydrogens (tertiary/aromatic N) is 4. The Morgan fingerprint density at radius 3 is 2.53 bits per heavy atom. The molecule has 12 heteroatoms. The summed E-state index contributed by atoms with van der Waals surface area (Å²) in [5.74, 6) is -1.01. The third-order valence-electron chi connectivity index (χ3n) is 5.05. The third kappa shape index (κ3) is 6.13. The molecule has 1 saturated heterocycles. The number of carbonyl (C=O) groups excluding carboxylic acids is 1. The Morgan fingerprint density at radius 1 is 1.22 bits per heavy atom. The first-order valence-corrected chi connectivity index (χ1v) is 10.2. The van der Waals surface area contributed by atoms with Crippen molar-refractivity contribution < 1.29 is 32.6 Å². The number of hydrogen-bond acceptors (Lipinski definition) is 5. The van der Waals surface area contributed by atoms with Gasteiger partial charge >= 0.3 is 18.2 Å². The molecule has 1 unspecified atom stereocenters. The van der Waals surface area contributed by atoms with E-state index < -0.39 is 24.3 Å². The number of benzene rings is 1. The lowest BCUT2D eigenvalue weighted by atomic mass is 10.0. The zero-order valence-electron chi connectivity index (χ0n) is 17.2. The highest BCUT2D eigenvalue weighted by molar-refractivity contribution is 6.30. The molecule has 0 aliphatic carbocycles. The lowest BCUT2D eigenvalue weighted by Gasteiger charge is -2.35. The monoisotopic (exact) mass is 474 g/mol. The van der Waals surface area contributed by atoms with Gasteiger partial charge in [-0.05, 0) is 30.7 Å². The molecule has 0 bridgehead atoms. The van der Waals surface area contributed by atoms with E-state index in [2.05, 4.69) is 14.7 Å². The molecule has 8 nitrogen and oxygen atoms in total. The number of amides is 1. The highest BCUT2D eigenvalue weighted by Crippen LogP contribution is 2.28. The van der Waals surface area contributed by atoms with Crippen LogP contribution in [0.3, 0.4) is 0 Å². The molecule has 1 N–H and O–H groups in total. The van der Waals surface area contributed by atoms with Crippen LogP contribution in [-0.2, 0) is 22.6 Å². The lowest BCUT2D eigenvalue weighted by molar-refractivity contribution is -0.200. The molecule has 1 aliphatic heterocycles. The van der Waals surface area contributed by atoms with Gasteiger partial charge in [-0.3, -0.25) is 14.4 Å². The summed E-state index contributed by atoms with van der Waals surface area (Å²) in [7, 11) is 0. The van der Waals surface area contributed by atoms with Gasteiger partial charge in [-0.1, -0.05) is 17.7 Å². The van der Waals surface area contributed by atoms with Crippen LogP contribution in [0.1, 0.15) is 12.5 Å². The first-order chi connectivity index (χ1) is 15.0. The molecule has 0 radical (unpaired) electrons. The average Bonchev–Trinajstić information content (AvgIpc) is 3.16. The summed E-state index contributed by atoms with van der Waals surface area (Å²) >= 11 is 6.15. The van der Waals surface area contributed by atoms with Crippen molar-refractivity contribution in [3.63, 3.8) is 0 Å². The Hall–Kier alpha value is -2.79. The minimum Gasteiger partial charge on any atom is -0.480 e. The Balaban J connectivity index is 1.63. The van der Waals surface area contributed by atoms with E-state index in [9.17, 15) is 22.8 Å². The van der Waals surface area contributed by atoms with E-state index >= 15 is 0 Å². The molecule has 1 atom stereocenters. The van der Waals surface area contributed by atoms with E-state index in [1.54, 1.807) is 24.4 Å². The summed E-state index contributed by atoms with van der Waals surface area (Å²) in [5, 5.41) is 13.7. The molecule has 32 heavy (non-hydrogen) atoms. The number of ether oxygens (including phenoxy) is 1. The second-order valence-electron chi connectivity index (χ2n) is 7.42. The normalized spacial score (nSPS) is 16.1. The van der Waals surface area contributed by atoms with Crippen LogP contribution >= 0.6 is 11.6 Å². The van der Waals surface area contributed by atoms with Crippen LogP contribution in [0.4, 0.5) is 18.0 Å². The number of piperazine rings is 1. The highest BCUT2D eigenvalue weighted by atomic mass is 35.5. The molecule has 1 aromatic carbocycles. The van der Waals surface area contributed by atoms with Gasteiger partial charge in [0.25, 0.3) is 0 Å². The number of carboxylic acids is 1. The van der Waals surface area contributed by atoms with Crippen molar-refractivity contribution >= 4 is 23.7 Å². The Labute approximate surface area is 187 Å². The Morgan fingerprint density at radius 2 is 1.91 bits per heavy atom. The van der Waals surface area contributed by atoms with Crippen molar-refractivity contribution in [2.45, 2.75) is 32.3 Å². The van der Waals surface area contributed by atoms with Crippen LogP contribution in [0.5, 0.6) is 0 Å². The van der Waals surface area contributed by atoms with E-state index in [4.69, 9.17) is 16.7 Å². The third-order valence-corrected chi connectivity index (χ3v) is 5.28. The maximum Gasteiger partial charge on any atom is 0.425 e. The van der Waals surface area contributed by atoms with Crippen LogP contribution in [0.2, 0.25) is 5.02 Å². The maximum atomic E-state index is 12.6. The van der Waals surface area contributed by atoms with Crippen LogP contribution < -0.4 is 0 Å². The SMILES string of the molecule is CC(OC(=O)N1CCN(Cc2ccc(Cl)cc2-c2ccn(CC(=O)O)n2)CC1)C(F)(F)F. The molecule has 1 fully saturated rings. The number of rotatable bonds is 6. The lowest BCUT2D eigenvalue weighted by Crippen LogP contribution is -2.49. The molecule has 174 valence electrons. The number of carbonyl (C=O) groups is 2. The maximum absolute atomic E-state index is 12.6. The van der Waals surface area contributed by atoms with Gasteiger partial charge in [0, 0.05) is 49.5 Å². The average molecular weight is 475 g/mol. The molecular weight excluding hydrogens is 453 g/mol. The quantitative estimate of drug-likeness (QED) is 0.689. The van der Waals surface area contributed by atoms with Gasteiger partial charge in [0.2, 0.25) is 0 Å². The van der Waals surface area contributed by atoms with Gasteiger partial charge in [0.05, 0.1) is 5.69 Å². The fourth-order valence-electron chi connectivity index (χ4n) is 3.28. The van der Waals surface area contributed by atoms with Gasteiger partial charge in [0.1, 0.15) is 6.54 Å². The van der Waals surface area contributed by atoms with E-state index in [1.807, 2.05) is 6.07 Å². The predicted molar refractivity (Wildman–Crippen MR) is 109 cm³/mol. The summed E-state index contributed by atoms with van der Waals surface area (Å²) in [5.41, 5.74) is 2.23. The van der Waals surface area contributed by atoms with E-state index in [1.165, 1.54) is 9.58 Å². The minimum absolute atomic E-state index is 0.236. The van der Waals surface area contributed by atoms with Gasteiger partial charge < -0.3 is 14.7 Å².